The Labute approximate surface area is 178 Å². The number of likely N-dealkylation sites (tertiary alicyclic amines) is 1. The molecular formula is C21H24IN5O. The molecule has 3 aromatic rings. The lowest BCUT2D eigenvalue weighted by Crippen LogP contribution is -2.35. The zero-order chi connectivity index (χ0) is 19.5. The van der Waals surface area contributed by atoms with Gasteiger partial charge in [0.25, 0.3) is 0 Å². The zero-order valence-electron chi connectivity index (χ0n) is 15.6. The van der Waals surface area contributed by atoms with Gasteiger partial charge in [-0.05, 0) is 84.3 Å². The maximum atomic E-state index is 6.13. The van der Waals surface area contributed by atoms with Crippen molar-refractivity contribution in [3.8, 4) is 5.75 Å². The van der Waals surface area contributed by atoms with E-state index in [4.69, 9.17) is 16.2 Å². The standard InChI is InChI=1S/C21H24IN5O/c22-16-6-4-14(5-7-16)12-27-10-8-15(9-11-27)13-28-18-3-1-2-17-19(18)20(23)26-21(24)25-17/h1-7,15H,8-13H2,(H4,23,24,25,26). The quantitative estimate of drug-likeness (QED) is 0.532. The van der Waals surface area contributed by atoms with E-state index in [9.17, 15) is 0 Å². The Morgan fingerprint density at radius 3 is 2.54 bits per heavy atom. The average molecular weight is 489 g/mol. The van der Waals surface area contributed by atoms with Gasteiger partial charge in [-0.2, -0.15) is 4.98 Å². The predicted molar refractivity (Wildman–Crippen MR) is 121 cm³/mol. The monoisotopic (exact) mass is 489 g/mol. The minimum absolute atomic E-state index is 0.183. The highest BCUT2D eigenvalue weighted by atomic mass is 127. The fourth-order valence-corrected chi connectivity index (χ4v) is 4.04. The highest BCUT2D eigenvalue weighted by molar-refractivity contribution is 14.1. The van der Waals surface area contributed by atoms with Crippen molar-refractivity contribution in [1.82, 2.24) is 14.9 Å². The van der Waals surface area contributed by atoms with Gasteiger partial charge in [0.2, 0.25) is 5.95 Å². The van der Waals surface area contributed by atoms with Crippen molar-refractivity contribution in [1.29, 1.82) is 0 Å². The van der Waals surface area contributed by atoms with Gasteiger partial charge in [0.05, 0.1) is 17.5 Å². The maximum Gasteiger partial charge on any atom is 0.222 e. The van der Waals surface area contributed by atoms with Crippen LogP contribution >= 0.6 is 22.6 Å². The van der Waals surface area contributed by atoms with Gasteiger partial charge >= 0.3 is 0 Å². The van der Waals surface area contributed by atoms with Gasteiger partial charge in [-0.3, -0.25) is 4.90 Å². The van der Waals surface area contributed by atoms with Crippen LogP contribution in [0.3, 0.4) is 0 Å². The molecule has 7 heteroatoms. The van der Waals surface area contributed by atoms with Crippen molar-refractivity contribution in [3.63, 3.8) is 0 Å². The second-order valence-electron chi connectivity index (χ2n) is 7.27. The van der Waals surface area contributed by atoms with Crippen LogP contribution < -0.4 is 16.2 Å². The molecule has 1 aliphatic heterocycles. The molecule has 0 spiro atoms. The van der Waals surface area contributed by atoms with Gasteiger partial charge in [0.1, 0.15) is 11.6 Å². The summed E-state index contributed by atoms with van der Waals surface area (Å²) in [6.45, 7) is 3.89. The van der Waals surface area contributed by atoms with E-state index in [0.29, 0.717) is 18.3 Å². The lowest BCUT2D eigenvalue weighted by Gasteiger charge is -2.32. The fraction of sp³-hybridized carbons (Fsp3) is 0.333. The fourth-order valence-electron chi connectivity index (χ4n) is 3.69. The molecule has 4 rings (SSSR count). The van der Waals surface area contributed by atoms with Crippen molar-refractivity contribution >= 4 is 45.3 Å². The van der Waals surface area contributed by atoms with E-state index in [-0.39, 0.29) is 5.95 Å². The Morgan fingerprint density at radius 1 is 1.04 bits per heavy atom. The molecule has 1 fully saturated rings. The summed E-state index contributed by atoms with van der Waals surface area (Å²) in [6, 6.07) is 14.5. The first-order chi connectivity index (χ1) is 13.6. The minimum Gasteiger partial charge on any atom is -0.492 e. The summed E-state index contributed by atoms with van der Waals surface area (Å²) in [6.07, 6.45) is 2.27. The molecule has 1 aromatic heterocycles. The van der Waals surface area contributed by atoms with Crippen molar-refractivity contribution in [2.45, 2.75) is 19.4 Å². The Morgan fingerprint density at radius 2 is 1.79 bits per heavy atom. The Hall–Kier alpha value is -2.13. The van der Waals surface area contributed by atoms with Crippen molar-refractivity contribution in [2.75, 3.05) is 31.2 Å². The molecule has 0 saturated carbocycles. The number of halogens is 1. The molecule has 1 aliphatic rings. The normalized spacial score (nSPS) is 15.8. The topological polar surface area (TPSA) is 90.3 Å². The SMILES string of the molecule is Nc1nc(N)c2c(OCC3CCN(Cc4ccc(I)cc4)CC3)cccc2n1. The molecule has 0 aliphatic carbocycles. The van der Waals surface area contributed by atoms with Gasteiger partial charge in [-0.1, -0.05) is 18.2 Å². The number of hydrogen-bond donors (Lipinski definition) is 2. The van der Waals surface area contributed by atoms with Gasteiger partial charge < -0.3 is 16.2 Å². The Bertz CT molecular complexity index is 955. The van der Waals surface area contributed by atoms with Crippen LogP contribution in [0, 0.1) is 9.49 Å². The molecule has 2 heterocycles. The smallest absolute Gasteiger partial charge is 0.222 e. The van der Waals surface area contributed by atoms with Gasteiger partial charge in [0, 0.05) is 10.1 Å². The van der Waals surface area contributed by atoms with Crippen molar-refractivity contribution in [3.05, 3.63) is 51.6 Å². The van der Waals surface area contributed by atoms with Gasteiger partial charge in [0.15, 0.2) is 0 Å². The summed E-state index contributed by atoms with van der Waals surface area (Å²) < 4.78 is 7.40. The highest BCUT2D eigenvalue weighted by Gasteiger charge is 2.20. The van der Waals surface area contributed by atoms with Crippen LogP contribution in [0.5, 0.6) is 5.75 Å². The lowest BCUT2D eigenvalue weighted by molar-refractivity contribution is 0.137. The summed E-state index contributed by atoms with van der Waals surface area (Å²) in [5.74, 6) is 1.82. The van der Waals surface area contributed by atoms with E-state index in [1.807, 2.05) is 18.2 Å². The molecular weight excluding hydrogens is 465 g/mol. The third-order valence-electron chi connectivity index (χ3n) is 5.23. The molecule has 2 aromatic carbocycles. The highest BCUT2D eigenvalue weighted by Crippen LogP contribution is 2.30. The van der Waals surface area contributed by atoms with Gasteiger partial charge in [-0.25, -0.2) is 4.98 Å². The number of piperidine rings is 1. The molecule has 1 saturated heterocycles. The number of rotatable bonds is 5. The molecule has 0 radical (unpaired) electrons. The minimum atomic E-state index is 0.183. The lowest BCUT2D eigenvalue weighted by atomic mass is 9.97. The summed E-state index contributed by atoms with van der Waals surface area (Å²) in [5.41, 5.74) is 13.8. The predicted octanol–water partition coefficient (Wildman–Crippen LogP) is 3.69. The first kappa shape index (κ1) is 19.2. The second-order valence-corrected chi connectivity index (χ2v) is 8.52. The first-order valence-corrected chi connectivity index (χ1v) is 10.6. The molecule has 0 atom stereocenters. The van der Waals surface area contributed by atoms with E-state index in [0.717, 1.165) is 49.1 Å². The second kappa shape index (κ2) is 8.48. The third-order valence-corrected chi connectivity index (χ3v) is 5.95. The number of nitrogens with two attached hydrogens (primary N) is 2. The van der Waals surface area contributed by atoms with Crippen molar-refractivity contribution in [2.24, 2.45) is 5.92 Å². The molecule has 146 valence electrons. The first-order valence-electron chi connectivity index (χ1n) is 9.50. The van der Waals surface area contributed by atoms with Crippen LogP contribution in [0.25, 0.3) is 10.9 Å². The number of aromatic nitrogens is 2. The van der Waals surface area contributed by atoms with Crippen LogP contribution in [0.2, 0.25) is 0 Å². The summed E-state index contributed by atoms with van der Waals surface area (Å²) in [5, 5.41) is 0.743. The van der Waals surface area contributed by atoms with E-state index in [1.165, 1.54) is 9.13 Å². The van der Waals surface area contributed by atoms with Crippen LogP contribution in [0.4, 0.5) is 11.8 Å². The van der Waals surface area contributed by atoms with Crippen molar-refractivity contribution < 1.29 is 4.74 Å². The van der Waals surface area contributed by atoms with Crippen LogP contribution in [0.1, 0.15) is 18.4 Å². The van der Waals surface area contributed by atoms with E-state index in [1.54, 1.807) is 0 Å². The van der Waals surface area contributed by atoms with Crippen LogP contribution in [0.15, 0.2) is 42.5 Å². The molecule has 28 heavy (non-hydrogen) atoms. The molecule has 4 N–H and O–H groups in total. The number of nitrogen functional groups attached to an aromatic ring is 2. The number of hydrogen-bond acceptors (Lipinski definition) is 6. The number of fused-ring (bicyclic) bond motifs is 1. The Kier molecular flexibility index (Phi) is 5.82. The molecule has 6 nitrogen and oxygen atoms in total. The third kappa shape index (κ3) is 4.47. The number of anilines is 2. The van der Waals surface area contributed by atoms with E-state index < -0.39 is 0 Å². The Balaban J connectivity index is 1.33. The summed E-state index contributed by atoms with van der Waals surface area (Å²) in [4.78, 5) is 10.8. The van der Waals surface area contributed by atoms with E-state index >= 15 is 0 Å². The van der Waals surface area contributed by atoms with Crippen LogP contribution in [-0.2, 0) is 6.54 Å². The number of benzene rings is 2. The average Bonchev–Trinajstić information content (AvgIpc) is 2.69. The van der Waals surface area contributed by atoms with Gasteiger partial charge in [-0.15, -0.1) is 0 Å². The van der Waals surface area contributed by atoms with E-state index in [2.05, 4.69) is 61.7 Å². The molecule has 0 bridgehead atoms. The maximum absolute atomic E-state index is 6.13. The summed E-state index contributed by atoms with van der Waals surface area (Å²) in [7, 11) is 0. The summed E-state index contributed by atoms with van der Waals surface area (Å²) >= 11 is 2.34. The molecule has 0 unspecified atom stereocenters. The zero-order valence-corrected chi connectivity index (χ0v) is 17.8. The molecule has 0 amide bonds. The number of nitrogens with zero attached hydrogens (tertiary/aromatic N) is 3. The largest absolute Gasteiger partial charge is 0.492 e. The van der Waals surface area contributed by atoms with Crippen LogP contribution in [-0.4, -0.2) is 34.6 Å². The number of ether oxygens (including phenoxy) is 1.